The molecule has 0 aromatic carbocycles. The lowest BCUT2D eigenvalue weighted by molar-refractivity contribution is -0.0647. The number of nitrogens with two attached hydrogens (primary N) is 1. The van der Waals surface area contributed by atoms with E-state index in [1.165, 1.54) is 0 Å². The molecule has 82 valence electrons. The van der Waals surface area contributed by atoms with Crippen LogP contribution < -0.4 is 5.73 Å². The molecule has 0 spiro atoms. The van der Waals surface area contributed by atoms with Crippen LogP contribution in [-0.2, 0) is 4.74 Å². The fourth-order valence-electron chi connectivity index (χ4n) is 1.87. The van der Waals surface area contributed by atoms with Crippen LogP contribution in [0.2, 0.25) is 0 Å². The van der Waals surface area contributed by atoms with Crippen molar-refractivity contribution in [2.24, 2.45) is 5.73 Å². The van der Waals surface area contributed by atoms with Crippen molar-refractivity contribution in [3.05, 3.63) is 0 Å². The van der Waals surface area contributed by atoms with Crippen molar-refractivity contribution >= 4 is 0 Å². The molecule has 0 bridgehead atoms. The minimum absolute atomic E-state index is 0.0495. The Hall–Kier alpha value is -0.520. The average Bonchev–Trinajstić information content (AvgIpc) is 2.22. The summed E-state index contributed by atoms with van der Waals surface area (Å²) in [6, 6.07) is 0.0495. The molecule has 2 nitrogen and oxygen atoms in total. The topological polar surface area (TPSA) is 35.2 Å². The quantitative estimate of drug-likeness (QED) is 0.636. The largest absolute Gasteiger partial charge is 0.374 e. The monoisotopic (exact) mass is 197 g/mol. The minimum atomic E-state index is -0.175. The molecule has 0 saturated carbocycles. The van der Waals surface area contributed by atoms with E-state index in [4.69, 9.17) is 16.9 Å². The highest BCUT2D eigenvalue weighted by Crippen LogP contribution is 2.26. The van der Waals surface area contributed by atoms with Crippen molar-refractivity contribution in [1.29, 1.82) is 0 Å². The maximum atomic E-state index is 6.13. The van der Waals surface area contributed by atoms with E-state index in [9.17, 15) is 0 Å². The lowest BCUT2D eigenvalue weighted by Crippen LogP contribution is -2.49. The Bertz CT molecular complexity index is 179. The molecule has 0 radical (unpaired) electrons. The van der Waals surface area contributed by atoms with Crippen LogP contribution in [0.3, 0.4) is 0 Å². The molecule has 1 unspecified atom stereocenters. The summed E-state index contributed by atoms with van der Waals surface area (Å²) >= 11 is 0. The molecule has 0 rings (SSSR count). The molecule has 0 aromatic heterocycles. The summed E-state index contributed by atoms with van der Waals surface area (Å²) < 4.78 is 5.79. The van der Waals surface area contributed by atoms with Crippen molar-refractivity contribution in [3.63, 3.8) is 0 Å². The van der Waals surface area contributed by atoms with E-state index in [1.54, 1.807) is 0 Å². The van der Waals surface area contributed by atoms with Crippen molar-refractivity contribution in [2.45, 2.75) is 58.1 Å². The first-order chi connectivity index (χ1) is 6.66. The molecular weight excluding hydrogens is 174 g/mol. The molecular formula is C12H23NO. The molecule has 2 N–H and O–H groups in total. The van der Waals surface area contributed by atoms with Crippen LogP contribution in [0.25, 0.3) is 0 Å². The van der Waals surface area contributed by atoms with E-state index in [-0.39, 0.29) is 11.6 Å². The van der Waals surface area contributed by atoms with Gasteiger partial charge in [0, 0.05) is 19.1 Å². The summed E-state index contributed by atoms with van der Waals surface area (Å²) in [5.74, 6) is 2.63. The molecule has 2 heteroatoms. The van der Waals surface area contributed by atoms with Crippen LogP contribution in [0.4, 0.5) is 0 Å². The molecule has 0 saturated heterocycles. The van der Waals surface area contributed by atoms with E-state index in [0.717, 1.165) is 25.7 Å². The zero-order valence-corrected chi connectivity index (χ0v) is 9.68. The summed E-state index contributed by atoms with van der Waals surface area (Å²) in [6.45, 7) is 6.96. The summed E-state index contributed by atoms with van der Waals surface area (Å²) in [5, 5.41) is 0. The highest BCUT2D eigenvalue weighted by atomic mass is 16.5. The van der Waals surface area contributed by atoms with Gasteiger partial charge in [0.15, 0.2) is 0 Å². The third-order valence-corrected chi connectivity index (χ3v) is 2.90. The normalized spacial score (nSPS) is 13.6. The van der Waals surface area contributed by atoms with Crippen molar-refractivity contribution < 1.29 is 4.74 Å². The van der Waals surface area contributed by atoms with Crippen molar-refractivity contribution in [3.8, 4) is 12.3 Å². The van der Waals surface area contributed by atoms with Gasteiger partial charge in [-0.2, -0.15) is 0 Å². The Morgan fingerprint density at radius 2 is 1.93 bits per heavy atom. The number of ether oxygens (including phenoxy) is 1. The van der Waals surface area contributed by atoms with Crippen molar-refractivity contribution in [1.82, 2.24) is 0 Å². The maximum Gasteiger partial charge on any atom is 0.0827 e. The zero-order chi connectivity index (χ0) is 11.0. The number of rotatable bonds is 7. The predicted molar refractivity (Wildman–Crippen MR) is 61.0 cm³/mol. The number of hydrogen-bond acceptors (Lipinski definition) is 2. The van der Waals surface area contributed by atoms with Gasteiger partial charge in [0.2, 0.25) is 0 Å². The number of hydrogen-bond donors (Lipinski definition) is 1. The fourth-order valence-corrected chi connectivity index (χ4v) is 1.87. The van der Waals surface area contributed by atoms with Crippen LogP contribution in [0, 0.1) is 12.3 Å². The van der Waals surface area contributed by atoms with Crippen LogP contribution in [0.5, 0.6) is 0 Å². The van der Waals surface area contributed by atoms with Gasteiger partial charge in [0.1, 0.15) is 0 Å². The summed E-state index contributed by atoms with van der Waals surface area (Å²) in [6.07, 6.45) is 8.70. The number of terminal acetylenes is 1. The third kappa shape index (κ3) is 3.32. The van der Waals surface area contributed by atoms with Crippen molar-refractivity contribution in [2.75, 3.05) is 6.61 Å². The van der Waals surface area contributed by atoms with Gasteiger partial charge in [-0.3, -0.25) is 0 Å². The van der Waals surface area contributed by atoms with Gasteiger partial charge in [-0.15, -0.1) is 12.3 Å². The Morgan fingerprint density at radius 1 is 1.36 bits per heavy atom. The molecule has 14 heavy (non-hydrogen) atoms. The molecule has 0 aromatic rings. The molecule has 0 heterocycles. The SMILES string of the molecule is C#CCCC(N)C(CC)(CC)OCC. The summed E-state index contributed by atoms with van der Waals surface area (Å²) in [7, 11) is 0. The Kier molecular flexibility index (Phi) is 6.61. The van der Waals surface area contributed by atoms with Crippen LogP contribution in [0.1, 0.15) is 46.5 Å². The van der Waals surface area contributed by atoms with Gasteiger partial charge >= 0.3 is 0 Å². The highest BCUT2D eigenvalue weighted by molar-refractivity contribution is 4.93. The second-order valence-corrected chi connectivity index (χ2v) is 3.55. The summed E-state index contributed by atoms with van der Waals surface area (Å²) in [5.41, 5.74) is 5.95. The van der Waals surface area contributed by atoms with E-state index in [0.29, 0.717) is 6.61 Å². The molecule has 0 amide bonds. The van der Waals surface area contributed by atoms with E-state index in [2.05, 4.69) is 19.8 Å². The lowest BCUT2D eigenvalue weighted by atomic mass is 9.86. The lowest BCUT2D eigenvalue weighted by Gasteiger charge is -2.37. The highest BCUT2D eigenvalue weighted by Gasteiger charge is 2.33. The first-order valence-corrected chi connectivity index (χ1v) is 5.49. The van der Waals surface area contributed by atoms with E-state index < -0.39 is 0 Å². The third-order valence-electron chi connectivity index (χ3n) is 2.90. The first kappa shape index (κ1) is 13.5. The van der Waals surface area contributed by atoms with Gasteiger partial charge in [0.25, 0.3) is 0 Å². The Labute approximate surface area is 88.2 Å². The second kappa shape index (κ2) is 6.86. The predicted octanol–water partition coefficient (Wildman–Crippen LogP) is 2.32. The van der Waals surface area contributed by atoms with E-state index >= 15 is 0 Å². The second-order valence-electron chi connectivity index (χ2n) is 3.55. The Morgan fingerprint density at radius 3 is 2.29 bits per heavy atom. The maximum absolute atomic E-state index is 6.13. The molecule has 0 aliphatic carbocycles. The zero-order valence-electron chi connectivity index (χ0n) is 9.68. The van der Waals surface area contributed by atoms with Gasteiger partial charge in [-0.1, -0.05) is 13.8 Å². The summed E-state index contributed by atoms with van der Waals surface area (Å²) in [4.78, 5) is 0. The first-order valence-electron chi connectivity index (χ1n) is 5.49. The standard InChI is InChI=1S/C12H23NO/c1-5-9-10-11(13)12(6-2,7-3)14-8-4/h1,11H,6-10,13H2,2-4H3. The van der Waals surface area contributed by atoms with Gasteiger partial charge < -0.3 is 10.5 Å². The van der Waals surface area contributed by atoms with Gasteiger partial charge in [0.05, 0.1) is 5.60 Å². The van der Waals surface area contributed by atoms with Crippen LogP contribution in [0.15, 0.2) is 0 Å². The molecule has 1 atom stereocenters. The van der Waals surface area contributed by atoms with Gasteiger partial charge in [-0.25, -0.2) is 0 Å². The van der Waals surface area contributed by atoms with Crippen LogP contribution >= 0.6 is 0 Å². The smallest absolute Gasteiger partial charge is 0.0827 e. The average molecular weight is 197 g/mol. The van der Waals surface area contributed by atoms with Crippen LogP contribution in [-0.4, -0.2) is 18.2 Å². The van der Waals surface area contributed by atoms with Gasteiger partial charge in [-0.05, 0) is 26.2 Å². The molecule has 0 aliphatic heterocycles. The minimum Gasteiger partial charge on any atom is -0.374 e. The molecule has 0 aliphatic rings. The van der Waals surface area contributed by atoms with E-state index in [1.807, 2.05) is 6.92 Å². The molecule has 0 fully saturated rings. The fraction of sp³-hybridized carbons (Fsp3) is 0.833. The Balaban J connectivity index is 4.37.